The molecule has 2 aromatic rings. The highest BCUT2D eigenvalue weighted by Gasteiger charge is 2.10. The van der Waals surface area contributed by atoms with Crippen LogP contribution in [-0.2, 0) is 12.8 Å². The molecule has 0 bridgehead atoms. The van der Waals surface area contributed by atoms with Crippen molar-refractivity contribution in [2.75, 3.05) is 5.88 Å². The van der Waals surface area contributed by atoms with E-state index in [0.29, 0.717) is 11.8 Å². The van der Waals surface area contributed by atoms with Gasteiger partial charge in [0.05, 0.1) is 0 Å². The van der Waals surface area contributed by atoms with Crippen molar-refractivity contribution in [3.8, 4) is 0 Å². The van der Waals surface area contributed by atoms with Gasteiger partial charge in [-0.3, -0.25) is 0 Å². The highest BCUT2D eigenvalue weighted by Crippen LogP contribution is 2.20. The van der Waals surface area contributed by atoms with Gasteiger partial charge in [-0.15, -0.1) is 11.6 Å². The Morgan fingerprint density at radius 1 is 0.950 bits per heavy atom. The van der Waals surface area contributed by atoms with Crippen LogP contribution in [0.3, 0.4) is 0 Å². The Morgan fingerprint density at radius 2 is 1.65 bits per heavy atom. The topological polar surface area (TPSA) is 0 Å². The van der Waals surface area contributed by atoms with E-state index in [1.807, 2.05) is 0 Å². The molecule has 0 N–H and O–H groups in total. The first-order chi connectivity index (χ1) is 9.58. The van der Waals surface area contributed by atoms with Crippen LogP contribution in [0.2, 0.25) is 0 Å². The Labute approximate surface area is 135 Å². The number of aryl methyl sites for hydroxylation is 2. The molecule has 0 fully saturated rings. The van der Waals surface area contributed by atoms with Crippen LogP contribution in [0.1, 0.15) is 22.3 Å². The molecule has 0 aliphatic heterocycles. The van der Waals surface area contributed by atoms with Gasteiger partial charge >= 0.3 is 0 Å². The fourth-order valence-electron chi connectivity index (χ4n) is 2.44. The monoisotopic (exact) mass is 350 g/mol. The van der Waals surface area contributed by atoms with E-state index in [9.17, 15) is 0 Å². The molecule has 1 atom stereocenters. The molecule has 0 nitrogen and oxygen atoms in total. The molecular weight excluding hydrogens is 332 g/mol. The van der Waals surface area contributed by atoms with Crippen molar-refractivity contribution in [2.45, 2.75) is 26.7 Å². The Hall–Kier alpha value is -0.790. The van der Waals surface area contributed by atoms with E-state index in [-0.39, 0.29) is 0 Å². The number of alkyl halides is 1. The van der Waals surface area contributed by atoms with E-state index in [4.69, 9.17) is 11.6 Å². The summed E-state index contributed by atoms with van der Waals surface area (Å²) < 4.78 is 1.13. The van der Waals surface area contributed by atoms with Gasteiger partial charge in [-0.2, -0.15) is 0 Å². The first-order valence-corrected chi connectivity index (χ1v) is 8.28. The number of rotatable bonds is 5. The van der Waals surface area contributed by atoms with Gasteiger partial charge in [0.2, 0.25) is 0 Å². The van der Waals surface area contributed by atoms with Crippen molar-refractivity contribution in [2.24, 2.45) is 5.92 Å². The summed E-state index contributed by atoms with van der Waals surface area (Å²) in [6, 6.07) is 15.2. The van der Waals surface area contributed by atoms with Gasteiger partial charge in [-0.25, -0.2) is 0 Å². The quantitative estimate of drug-likeness (QED) is 0.606. The molecule has 1 unspecified atom stereocenters. The summed E-state index contributed by atoms with van der Waals surface area (Å²) in [6.45, 7) is 4.32. The van der Waals surface area contributed by atoms with E-state index < -0.39 is 0 Å². The first kappa shape index (κ1) is 15.6. The van der Waals surface area contributed by atoms with E-state index in [1.54, 1.807) is 0 Å². The standard InChI is InChI=1S/C18H20BrCl/c1-13-6-7-16(8-14(13)2)10-17(12-20)9-15-4-3-5-18(19)11-15/h3-8,11,17H,9-10,12H2,1-2H3. The minimum Gasteiger partial charge on any atom is -0.126 e. The third-order valence-corrected chi connectivity index (χ3v) is 4.66. The summed E-state index contributed by atoms with van der Waals surface area (Å²) in [5.74, 6) is 1.17. The fraction of sp³-hybridized carbons (Fsp3) is 0.333. The molecular formula is C18H20BrCl. The highest BCUT2D eigenvalue weighted by molar-refractivity contribution is 9.10. The lowest BCUT2D eigenvalue weighted by Gasteiger charge is -2.15. The predicted octanol–water partition coefficient (Wildman–Crippen LogP) is 5.71. The van der Waals surface area contributed by atoms with E-state index in [0.717, 1.165) is 17.3 Å². The van der Waals surface area contributed by atoms with Crippen molar-refractivity contribution >= 4 is 27.5 Å². The van der Waals surface area contributed by atoms with Gasteiger partial charge in [0.25, 0.3) is 0 Å². The smallest absolute Gasteiger partial charge is 0.0258 e. The van der Waals surface area contributed by atoms with Crippen molar-refractivity contribution in [1.82, 2.24) is 0 Å². The second-order valence-corrected chi connectivity index (χ2v) is 6.70. The highest BCUT2D eigenvalue weighted by atomic mass is 79.9. The number of hydrogen-bond acceptors (Lipinski definition) is 0. The van der Waals surface area contributed by atoms with Crippen molar-refractivity contribution in [3.63, 3.8) is 0 Å². The number of benzene rings is 2. The van der Waals surface area contributed by atoms with Gasteiger partial charge in [0.15, 0.2) is 0 Å². The van der Waals surface area contributed by atoms with Crippen LogP contribution >= 0.6 is 27.5 Å². The predicted molar refractivity (Wildman–Crippen MR) is 91.7 cm³/mol. The third kappa shape index (κ3) is 4.36. The Bertz CT molecular complexity index is 577. The van der Waals surface area contributed by atoms with Gasteiger partial charge in [-0.1, -0.05) is 46.3 Å². The minimum atomic E-state index is 0.480. The Kier molecular flexibility index (Phi) is 5.68. The maximum Gasteiger partial charge on any atom is 0.0258 e. The molecule has 0 aliphatic carbocycles. The molecule has 2 aromatic carbocycles. The van der Waals surface area contributed by atoms with E-state index >= 15 is 0 Å². The third-order valence-electron chi connectivity index (χ3n) is 3.73. The summed E-state index contributed by atoms with van der Waals surface area (Å²) in [7, 11) is 0. The van der Waals surface area contributed by atoms with Crippen LogP contribution in [0.25, 0.3) is 0 Å². The lowest BCUT2D eigenvalue weighted by atomic mass is 9.93. The summed E-state index contributed by atoms with van der Waals surface area (Å²) >= 11 is 9.69. The first-order valence-electron chi connectivity index (χ1n) is 6.95. The Balaban J connectivity index is 2.07. The van der Waals surface area contributed by atoms with Gasteiger partial charge in [-0.05, 0) is 67.0 Å². The summed E-state index contributed by atoms with van der Waals surface area (Å²) in [5, 5.41) is 0. The lowest BCUT2D eigenvalue weighted by Crippen LogP contribution is -2.10. The van der Waals surface area contributed by atoms with Crippen LogP contribution in [-0.4, -0.2) is 5.88 Å². The molecule has 0 spiro atoms. The summed E-state index contributed by atoms with van der Waals surface area (Å²) in [6.07, 6.45) is 2.06. The van der Waals surface area contributed by atoms with E-state index in [1.165, 1.54) is 22.3 Å². The Morgan fingerprint density at radius 3 is 2.25 bits per heavy atom. The van der Waals surface area contributed by atoms with Crippen LogP contribution in [0.15, 0.2) is 46.9 Å². The molecule has 0 heterocycles. The largest absolute Gasteiger partial charge is 0.126 e. The summed E-state index contributed by atoms with van der Waals surface area (Å²) in [4.78, 5) is 0. The molecule has 0 saturated heterocycles. The molecule has 106 valence electrons. The molecule has 20 heavy (non-hydrogen) atoms. The SMILES string of the molecule is Cc1ccc(CC(CCl)Cc2cccc(Br)c2)cc1C. The molecule has 0 aliphatic rings. The minimum absolute atomic E-state index is 0.480. The second-order valence-electron chi connectivity index (χ2n) is 5.48. The molecule has 0 radical (unpaired) electrons. The zero-order valence-electron chi connectivity index (χ0n) is 12.0. The lowest BCUT2D eigenvalue weighted by molar-refractivity contribution is 0.583. The van der Waals surface area contributed by atoms with Crippen LogP contribution in [0.4, 0.5) is 0 Å². The van der Waals surface area contributed by atoms with Crippen LogP contribution in [0, 0.1) is 19.8 Å². The van der Waals surface area contributed by atoms with Crippen molar-refractivity contribution in [1.29, 1.82) is 0 Å². The second kappa shape index (κ2) is 7.28. The van der Waals surface area contributed by atoms with Crippen LogP contribution < -0.4 is 0 Å². The van der Waals surface area contributed by atoms with Crippen LogP contribution in [0.5, 0.6) is 0 Å². The fourth-order valence-corrected chi connectivity index (χ4v) is 3.11. The van der Waals surface area contributed by atoms with Gasteiger partial charge in [0, 0.05) is 10.4 Å². The van der Waals surface area contributed by atoms with E-state index in [2.05, 4.69) is 72.2 Å². The zero-order chi connectivity index (χ0) is 14.5. The molecule has 2 rings (SSSR count). The number of hydrogen-bond donors (Lipinski definition) is 0. The normalized spacial score (nSPS) is 12.4. The molecule has 0 saturated carbocycles. The number of halogens is 2. The van der Waals surface area contributed by atoms with Gasteiger partial charge in [0.1, 0.15) is 0 Å². The average Bonchev–Trinajstić information content (AvgIpc) is 2.42. The maximum absolute atomic E-state index is 6.17. The molecule has 2 heteroatoms. The maximum atomic E-state index is 6.17. The summed E-state index contributed by atoms with van der Waals surface area (Å²) in [5.41, 5.74) is 5.43. The molecule has 0 amide bonds. The zero-order valence-corrected chi connectivity index (χ0v) is 14.3. The van der Waals surface area contributed by atoms with Crippen molar-refractivity contribution in [3.05, 3.63) is 69.2 Å². The average molecular weight is 352 g/mol. The molecule has 0 aromatic heterocycles. The van der Waals surface area contributed by atoms with Crippen molar-refractivity contribution < 1.29 is 0 Å². The van der Waals surface area contributed by atoms with Gasteiger partial charge < -0.3 is 0 Å².